The van der Waals surface area contributed by atoms with Crippen molar-refractivity contribution in [1.82, 2.24) is 4.90 Å². The number of carbonyl (C=O) groups excluding carboxylic acids is 1. The van der Waals surface area contributed by atoms with E-state index in [0.717, 1.165) is 21.3 Å². The number of ether oxygens (including phenoxy) is 1. The Morgan fingerprint density at radius 1 is 1.30 bits per heavy atom. The second-order valence-electron chi connectivity index (χ2n) is 5.98. The Labute approximate surface area is 177 Å². The molecular weight excluding hydrogens is 442 g/mol. The third kappa shape index (κ3) is 4.69. The Hall–Kier alpha value is -1.89. The highest BCUT2D eigenvalue weighted by molar-refractivity contribution is 9.10. The van der Waals surface area contributed by atoms with Crippen molar-refractivity contribution in [3.63, 3.8) is 0 Å². The van der Waals surface area contributed by atoms with Crippen LogP contribution in [0.5, 0.6) is 5.75 Å². The summed E-state index contributed by atoms with van der Waals surface area (Å²) in [5.41, 5.74) is 3.14. The molecule has 3 rings (SSSR count). The molecule has 0 saturated carbocycles. The molecule has 0 N–H and O–H groups in total. The fourth-order valence-electron chi connectivity index (χ4n) is 2.62. The summed E-state index contributed by atoms with van der Waals surface area (Å²) in [6.07, 6.45) is 3.50. The molecule has 0 atom stereocenters. The standard InChI is InChI=1S/C21H18BrNO2S2/c1-3-10-23-20(24)19(27-21(23)26)12-16-11-17(22)8-9-18(16)25-13-15-7-5-4-6-14(15)2/h3-9,11-12H,1,10,13H2,2H3. The molecular formula is C21H18BrNO2S2. The van der Waals surface area contributed by atoms with Crippen molar-refractivity contribution in [3.8, 4) is 5.75 Å². The first-order chi connectivity index (χ1) is 13.0. The zero-order valence-electron chi connectivity index (χ0n) is 14.8. The maximum absolute atomic E-state index is 12.6. The number of benzene rings is 2. The van der Waals surface area contributed by atoms with Gasteiger partial charge >= 0.3 is 0 Å². The zero-order chi connectivity index (χ0) is 19.4. The van der Waals surface area contributed by atoms with E-state index in [1.165, 1.54) is 17.3 Å². The average molecular weight is 460 g/mol. The molecule has 1 fully saturated rings. The van der Waals surface area contributed by atoms with Gasteiger partial charge in [-0.25, -0.2) is 0 Å². The van der Waals surface area contributed by atoms with Gasteiger partial charge < -0.3 is 4.74 Å². The van der Waals surface area contributed by atoms with Crippen LogP contribution in [-0.2, 0) is 11.4 Å². The third-order valence-electron chi connectivity index (χ3n) is 4.09. The van der Waals surface area contributed by atoms with Crippen molar-refractivity contribution in [3.05, 3.63) is 81.2 Å². The molecule has 27 heavy (non-hydrogen) atoms. The molecule has 2 aromatic carbocycles. The molecule has 3 nitrogen and oxygen atoms in total. The predicted octanol–water partition coefficient (Wildman–Crippen LogP) is 5.72. The van der Waals surface area contributed by atoms with Crippen LogP contribution in [0.1, 0.15) is 16.7 Å². The van der Waals surface area contributed by atoms with Crippen molar-refractivity contribution in [2.24, 2.45) is 0 Å². The second-order valence-corrected chi connectivity index (χ2v) is 8.57. The topological polar surface area (TPSA) is 29.5 Å². The zero-order valence-corrected chi connectivity index (χ0v) is 18.0. The molecule has 2 aromatic rings. The molecule has 0 spiro atoms. The summed E-state index contributed by atoms with van der Waals surface area (Å²) in [6, 6.07) is 13.9. The summed E-state index contributed by atoms with van der Waals surface area (Å²) in [7, 11) is 0. The van der Waals surface area contributed by atoms with Crippen molar-refractivity contribution in [2.75, 3.05) is 6.54 Å². The number of thiocarbonyl (C=S) groups is 1. The molecule has 138 valence electrons. The van der Waals surface area contributed by atoms with E-state index >= 15 is 0 Å². The third-order valence-corrected chi connectivity index (χ3v) is 5.96. The second kappa shape index (κ2) is 8.87. The summed E-state index contributed by atoms with van der Waals surface area (Å²) in [5, 5.41) is 0. The fraction of sp³-hybridized carbons (Fsp3) is 0.143. The Morgan fingerprint density at radius 2 is 2.07 bits per heavy atom. The minimum absolute atomic E-state index is 0.102. The van der Waals surface area contributed by atoms with Gasteiger partial charge in [0.25, 0.3) is 5.91 Å². The van der Waals surface area contributed by atoms with E-state index in [1.807, 2.05) is 42.5 Å². The summed E-state index contributed by atoms with van der Waals surface area (Å²) >= 11 is 10.1. The van der Waals surface area contributed by atoms with Crippen LogP contribution in [0.3, 0.4) is 0 Å². The number of hydrogen-bond donors (Lipinski definition) is 0. The van der Waals surface area contributed by atoms with Crippen LogP contribution >= 0.6 is 39.9 Å². The maximum Gasteiger partial charge on any atom is 0.266 e. The van der Waals surface area contributed by atoms with Gasteiger partial charge in [-0.2, -0.15) is 0 Å². The fourth-order valence-corrected chi connectivity index (χ4v) is 4.26. The van der Waals surface area contributed by atoms with Crippen LogP contribution in [0.2, 0.25) is 0 Å². The molecule has 0 aromatic heterocycles. The van der Waals surface area contributed by atoms with Crippen LogP contribution in [-0.4, -0.2) is 21.7 Å². The van der Waals surface area contributed by atoms with Crippen molar-refractivity contribution < 1.29 is 9.53 Å². The lowest BCUT2D eigenvalue weighted by Gasteiger charge is -2.12. The van der Waals surface area contributed by atoms with Gasteiger partial charge in [-0.15, -0.1) is 6.58 Å². The van der Waals surface area contributed by atoms with E-state index in [4.69, 9.17) is 17.0 Å². The lowest BCUT2D eigenvalue weighted by Crippen LogP contribution is -2.27. The van der Waals surface area contributed by atoms with E-state index in [-0.39, 0.29) is 5.91 Å². The highest BCUT2D eigenvalue weighted by Gasteiger charge is 2.31. The molecule has 1 aliphatic rings. The van der Waals surface area contributed by atoms with Gasteiger partial charge in [-0.05, 0) is 42.3 Å². The lowest BCUT2D eigenvalue weighted by atomic mass is 10.1. The summed E-state index contributed by atoms with van der Waals surface area (Å²) < 4.78 is 7.52. The van der Waals surface area contributed by atoms with Gasteiger partial charge in [0.05, 0.1) is 4.91 Å². The number of rotatable bonds is 6. The number of hydrogen-bond acceptors (Lipinski definition) is 4. The molecule has 1 aliphatic heterocycles. The van der Waals surface area contributed by atoms with Gasteiger partial charge in [0, 0.05) is 16.6 Å². The van der Waals surface area contributed by atoms with Crippen LogP contribution < -0.4 is 4.74 Å². The largest absolute Gasteiger partial charge is 0.488 e. The minimum Gasteiger partial charge on any atom is -0.488 e. The van der Waals surface area contributed by atoms with Crippen molar-refractivity contribution >= 4 is 56.2 Å². The molecule has 6 heteroatoms. The highest BCUT2D eigenvalue weighted by Crippen LogP contribution is 2.35. The van der Waals surface area contributed by atoms with Crippen LogP contribution in [0, 0.1) is 6.92 Å². The molecule has 0 bridgehead atoms. The smallest absolute Gasteiger partial charge is 0.266 e. The summed E-state index contributed by atoms with van der Waals surface area (Å²) in [4.78, 5) is 14.7. The van der Waals surface area contributed by atoms with Crippen LogP contribution in [0.25, 0.3) is 6.08 Å². The molecule has 1 saturated heterocycles. The average Bonchev–Trinajstić information content (AvgIpc) is 2.90. The number of halogens is 1. The van der Waals surface area contributed by atoms with Crippen molar-refractivity contribution in [2.45, 2.75) is 13.5 Å². The quantitative estimate of drug-likeness (QED) is 0.313. The monoisotopic (exact) mass is 459 g/mol. The van der Waals surface area contributed by atoms with E-state index in [1.54, 1.807) is 11.0 Å². The molecule has 1 heterocycles. The molecule has 0 radical (unpaired) electrons. The number of aryl methyl sites for hydroxylation is 1. The number of amides is 1. The first-order valence-electron chi connectivity index (χ1n) is 8.32. The number of thioether (sulfide) groups is 1. The SMILES string of the molecule is C=CCN1C(=O)C(=Cc2cc(Br)ccc2OCc2ccccc2C)SC1=S. The summed E-state index contributed by atoms with van der Waals surface area (Å²) in [5.74, 6) is 0.616. The van der Waals surface area contributed by atoms with Gasteiger partial charge in [0.1, 0.15) is 16.7 Å². The first kappa shape index (κ1) is 19.9. The van der Waals surface area contributed by atoms with E-state index in [0.29, 0.717) is 22.4 Å². The van der Waals surface area contributed by atoms with Gasteiger partial charge in [0.15, 0.2) is 0 Å². The molecule has 0 unspecified atom stereocenters. The Balaban J connectivity index is 1.86. The van der Waals surface area contributed by atoms with E-state index < -0.39 is 0 Å². The minimum atomic E-state index is -0.102. The Bertz CT molecular complexity index is 940. The van der Waals surface area contributed by atoms with Gasteiger partial charge in [-0.1, -0.05) is 70.3 Å². The molecule has 1 amide bonds. The first-order valence-corrected chi connectivity index (χ1v) is 10.3. The number of carbonyl (C=O) groups is 1. The van der Waals surface area contributed by atoms with Crippen LogP contribution in [0.15, 0.2) is 64.5 Å². The predicted molar refractivity (Wildman–Crippen MR) is 120 cm³/mol. The van der Waals surface area contributed by atoms with E-state index in [2.05, 4.69) is 35.5 Å². The van der Waals surface area contributed by atoms with Gasteiger partial charge in [-0.3, -0.25) is 9.69 Å². The Kier molecular flexibility index (Phi) is 6.52. The normalized spacial score (nSPS) is 15.5. The van der Waals surface area contributed by atoms with Gasteiger partial charge in [0.2, 0.25) is 0 Å². The highest BCUT2D eigenvalue weighted by atomic mass is 79.9. The summed E-state index contributed by atoms with van der Waals surface area (Å²) in [6.45, 7) is 6.62. The lowest BCUT2D eigenvalue weighted by molar-refractivity contribution is -0.121. The molecule has 0 aliphatic carbocycles. The van der Waals surface area contributed by atoms with Crippen molar-refractivity contribution in [1.29, 1.82) is 0 Å². The van der Waals surface area contributed by atoms with Crippen LogP contribution in [0.4, 0.5) is 0 Å². The maximum atomic E-state index is 12.6. The number of nitrogens with zero attached hydrogens (tertiary/aromatic N) is 1. The Morgan fingerprint density at radius 3 is 2.81 bits per heavy atom. The van der Waals surface area contributed by atoms with E-state index in [9.17, 15) is 4.79 Å².